The SMILES string of the molecule is C=CCN(CC=C)C(=O)c1ccc(F)cc1C. The van der Waals surface area contributed by atoms with Gasteiger partial charge in [0.1, 0.15) is 5.82 Å². The number of aryl methyl sites for hydroxylation is 1. The molecule has 0 aliphatic rings. The van der Waals surface area contributed by atoms with Crippen LogP contribution < -0.4 is 0 Å². The molecule has 0 heterocycles. The summed E-state index contributed by atoms with van der Waals surface area (Å²) in [7, 11) is 0. The molecule has 1 rings (SSSR count). The van der Waals surface area contributed by atoms with Crippen LogP contribution in [0.15, 0.2) is 43.5 Å². The van der Waals surface area contributed by atoms with E-state index in [2.05, 4.69) is 13.2 Å². The number of benzene rings is 1. The Morgan fingerprint density at radius 3 is 2.41 bits per heavy atom. The number of amides is 1. The van der Waals surface area contributed by atoms with Crippen LogP contribution in [0.25, 0.3) is 0 Å². The first-order chi connectivity index (χ1) is 8.10. The third-order valence-corrected chi connectivity index (χ3v) is 2.41. The summed E-state index contributed by atoms with van der Waals surface area (Å²) in [5.41, 5.74) is 1.14. The van der Waals surface area contributed by atoms with Crippen molar-refractivity contribution in [2.75, 3.05) is 13.1 Å². The van der Waals surface area contributed by atoms with Gasteiger partial charge in [-0.3, -0.25) is 4.79 Å². The van der Waals surface area contributed by atoms with E-state index in [0.717, 1.165) is 0 Å². The van der Waals surface area contributed by atoms with Gasteiger partial charge in [-0.15, -0.1) is 13.2 Å². The predicted octanol–water partition coefficient (Wildman–Crippen LogP) is 2.95. The number of nitrogens with zero attached hydrogens (tertiary/aromatic N) is 1. The Labute approximate surface area is 101 Å². The minimum atomic E-state index is -0.335. The Morgan fingerprint density at radius 1 is 1.35 bits per heavy atom. The van der Waals surface area contributed by atoms with E-state index in [1.165, 1.54) is 18.2 Å². The van der Waals surface area contributed by atoms with Crippen molar-refractivity contribution in [2.45, 2.75) is 6.92 Å². The zero-order chi connectivity index (χ0) is 12.8. The molecule has 3 heteroatoms. The van der Waals surface area contributed by atoms with E-state index < -0.39 is 0 Å². The first-order valence-electron chi connectivity index (χ1n) is 5.37. The van der Waals surface area contributed by atoms with Gasteiger partial charge in [0, 0.05) is 18.7 Å². The summed E-state index contributed by atoms with van der Waals surface area (Å²) in [6.07, 6.45) is 3.31. The van der Waals surface area contributed by atoms with Gasteiger partial charge in [-0.25, -0.2) is 4.39 Å². The summed E-state index contributed by atoms with van der Waals surface area (Å²) < 4.78 is 13.0. The minimum Gasteiger partial charge on any atom is -0.331 e. The maximum atomic E-state index is 13.0. The Bertz CT molecular complexity index is 430. The molecule has 0 saturated carbocycles. The smallest absolute Gasteiger partial charge is 0.254 e. The van der Waals surface area contributed by atoms with Gasteiger partial charge in [-0.2, -0.15) is 0 Å². The molecule has 0 saturated heterocycles. The Morgan fingerprint density at radius 2 is 1.94 bits per heavy atom. The quantitative estimate of drug-likeness (QED) is 0.716. The highest BCUT2D eigenvalue weighted by atomic mass is 19.1. The number of carbonyl (C=O) groups is 1. The second-order valence-electron chi connectivity index (χ2n) is 3.75. The van der Waals surface area contributed by atoms with Crippen molar-refractivity contribution >= 4 is 5.91 Å². The van der Waals surface area contributed by atoms with E-state index in [-0.39, 0.29) is 11.7 Å². The van der Waals surface area contributed by atoms with Gasteiger partial charge in [0.25, 0.3) is 5.91 Å². The van der Waals surface area contributed by atoms with Gasteiger partial charge in [0.05, 0.1) is 0 Å². The van der Waals surface area contributed by atoms with Gasteiger partial charge in [0.2, 0.25) is 0 Å². The molecule has 0 fully saturated rings. The van der Waals surface area contributed by atoms with Crippen LogP contribution in [-0.2, 0) is 0 Å². The van der Waals surface area contributed by atoms with Gasteiger partial charge in [-0.05, 0) is 30.7 Å². The van der Waals surface area contributed by atoms with Crippen LogP contribution >= 0.6 is 0 Å². The highest BCUT2D eigenvalue weighted by molar-refractivity contribution is 5.95. The van der Waals surface area contributed by atoms with Crippen molar-refractivity contribution in [1.82, 2.24) is 4.90 Å². The first kappa shape index (κ1) is 13.2. The van der Waals surface area contributed by atoms with E-state index in [4.69, 9.17) is 0 Å². The number of carbonyl (C=O) groups excluding carboxylic acids is 1. The summed E-state index contributed by atoms with van der Waals surface area (Å²) >= 11 is 0. The van der Waals surface area contributed by atoms with Crippen LogP contribution in [0.1, 0.15) is 15.9 Å². The monoisotopic (exact) mass is 233 g/mol. The molecule has 1 amide bonds. The molecule has 1 aromatic carbocycles. The Kier molecular flexibility index (Phi) is 4.64. The lowest BCUT2D eigenvalue weighted by atomic mass is 10.1. The van der Waals surface area contributed by atoms with E-state index in [1.54, 1.807) is 24.0 Å². The van der Waals surface area contributed by atoms with Crippen molar-refractivity contribution in [3.63, 3.8) is 0 Å². The van der Waals surface area contributed by atoms with Gasteiger partial charge in [-0.1, -0.05) is 12.2 Å². The molecule has 17 heavy (non-hydrogen) atoms. The van der Waals surface area contributed by atoms with Crippen LogP contribution in [0.2, 0.25) is 0 Å². The molecule has 0 aliphatic carbocycles. The van der Waals surface area contributed by atoms with Crippen LogP contribution in [0.5, 0.6) is 0 Å². The van der Waals surface area contributed by atoms with Crippen LogP contribution in [0.4, 0.5) is 4.39 Å². The standard InChI is InChI=1S/C14H16FNO/c1-4-8-16(9-5-2)14(17)13-7-6-12(15)10-11(13)3/h4-7,10H,1-2,8-9H2,3H3. The minimum absolute atomic E-state index is 0.137. The molecule has 0 radical (unpaired) electrons. The third-order valence-electron chi connectivity index (χ3n) is 2.41. The number of rotatable bonds is 5. The molecule has 0 unspecified atom stereocenters. The van der Waals surface area contributed by atoms with E-state index in [1.807, 2.05) is 0 Å². The summed E-state index contributed by atoms with van der Waals surface area (Å²) in [6.45, 7) is 9.83. The molecular weight excluding hydrogens is 217 g/mol. The Balaban J connectivity index is 2.99. The largest absolute Gasteiger partial charge is 0.331 e. The average molecular weight is 233 g/mol. The lowest BCUT2D eigenvalue weighted by Gasteiger charge is -2.20. The van der Waals surface area contributed by atoms with Crippen LogP contribution in [0.3, 0.4) is 0 Å². The number of hydrogen-bond acceptors (Lipinski definition) is 1. The van der Waals surface area contributed by atoms with Gasteiger partial charge in [0.15, 0.2) is 0 Å². The second-order valence-corrected chi connectivity index (χ2v) is 3.75. The molecule has 0 spiro atoms. The fourth-order valence-corrected chi connectivity index (χ4v) is 1.59. The number of halogens is 1. The van der Waals surface area contributed by atoms with Crippen molar-refractivity contribution in [3.8, 4) is 0 Å². The lowest BCUT2D eigenvalue weighted by molar-refractivity contribution is 0.0790. The Hall–Kier alpha value is -1.90. The highest BCUT2D eigenvalue weighted by Crippen LogP contribution is 2.13. The molecule has 0 aliphatic heterocycles. The van der Waals surface area contributed by atoms with Crippen LogP contribution in [-0.4, -0.2) is 23.9 Å². The first-order valence-corrected chi connectivity index (χ1v) is 5.37. The summed E-state index contributed by atoms with van der Waals surface area (Å²) in [4.78, 5) is 13.8. The molecule has 0 N–H and O–H groups in total. The van der Waals surface area contributed by atoms with E-state index in [0.29, 0.717) is 24.2 Å². The molecule has 0 bridgehead atoms. The lowest BCUT2D eigenvalue weighted by Crippen LogP contribution is -2.31. The molecule has 0 aromatic heterocycles. The fraction of sp³-hybridized carbons (Fsp3) is 0.214. The van der Waals surface area contributed by atoms with Crippen LogP contribution in [0, 0.1) is 12.7 Å². The highest BCUT2D eigenvalue weighted by Gasteiger charge is 2.15. The molecular formula is C14H16FNO. The average Bonchev–Trinajstić information content (AvgIpc) is 2.28. The fourth-order valence-electron chi connectivity index (χ4n) is 1.59. The van der Waals surface area contributed by atoms with Crippen molar-refractivity contribution < 1.29 is 9.18 Å². The topological polar surface area (TPSA) is 20.3 Å². The maximum Gasteiger partial charge on any atom is 0.254 e. The third kappa shape index (κ3) is 3.28. The molecule has 1 aromatic rings. The molecule has 2 nitrogen and oxygen atoms in total. The van der Waals surface area contributed by atoms with E-state index in [9.17, 15) is 9.18 Å². The van der Waals surface area contributed by atoms with Crippen molar-refractivity contribution in [1.29, 1.82) is 0 Å². The summed E-state index contributed by atoms with van der Waals surface area (Å²) in [5.74, 6) is -0.472. The van der Waals surface area contributed by atoms with E-state index >= 15 is 0 Å². The van der Waals surface area contributed by atoms with Gasteiger partial charge >= 0.3 is 0 Å². The van der Waals surface area contributed by atoms with Crippen molar-refractivity contribution in [3.05, 3.63) is 60.5 Å². The number of hydrogen-bond donors (Lipinski definition) is 0. The normalized spacial score (nSPS) is 9.76. The molecule has 0 atom stereocenters. The zero-order valence-electron chi connectivity index (χ0n) is 9.95. The second kappa shape index (κ2) is 5.99. The maximum absolute atomic E-state index is 13.0. The predicted molar refractivity (Wildman–Crippen MR) is 67.4 cm³/mol. The zero-order valence-corrected chi connectivity index (χ0v) is 9.95. The van der Waals surface area contributed by atoms with Gasteiger partial charge < -0.3 is 4.90 Å². The molecule has 90 valence electrons. The summed E-state index contributed by atoms with van der Waals surface area (Å²) in [6, 6.07) is 4.15. The van der Waals surface area contributed by atoms with Crippen molar-refractivity contribution in [2.24, 2.45) is 0 Å². The summed E-state index contributed by atoms with van der Waals surface area (Å²) in [5, 5.41) is 0.